The molecule has 4 N–H and O–H groups in total. The second-order valence-electron chi connectivity index (χ2n) is 2.26. The highest BCUT2D eigenvalue weighted by molar-refractivity contribution is 5.79. The molecule has 3 nitrogen and oxygen atoms in total. The van der Waals surface area contributed by atoms with Crippen molar-refractivity contribution in [1.29, 1.82) is 0 Å². The molecular formula is C9H11N3. The van der Waals surface area contributed by atoms with E-state index in [-0.39, 0.29) is 0 Å². The molecule has 0 aromatic heterocycles. The van der Waals surface area contributed by atoms with Gasteiger partial charge in [0.05, 0.1) is 17.6 Å². The van der Waals surface area contributed by atoms with Gasteiger partial charge in [0.1, 0.15) is 0 Å². The van der Waals surface area contributed by atoms with Gasteiger partial charge in [-0.3, -0.25) is 4.99 Å². The van der Waals surface area contributed by atoms with E-state index in [0.29, 0.717) is 5.70 Å². The van der Waals surface area contributed by atoms with E-state index >= 15 is 0 Å². The van der Waals surface area contributed by atoms with E-state index in [1.165, 1.54) is 12.4 Å². The van der Waals surface area contributed by atoms with Crippen LogP contribution in [0.3, 0.4) is 0 Å². The number of para-hydroxylation sites is 1. The molecule has 0 atom stereocenters. The van der Waals surface area contributed by atoms with Crippen LogP contribution >= 0.6 is 0 Å². The van der Waals surface area contributed by atoms with Gasteiger partial charge < -0.3 is 11.5 Å². The fraction of sp³-hybridized carbons (Fsp3) is 0. The molecule has 62 valence electrons. The van der Waals surface area contributed by atoms with Crippen molar-refractivity contribution in [1.82, 2.24) is 0 Å². The highest BCUT2D eigenvalue weighted by atomic mass is 14.8. The largest absolute Gasteiger partial charge is 0.403 e. The Balaban J connectivity index is 2.70. The van der Waals surface area contributed by atoms with Gasteiger partial charge in [0.2, 0.25) is 0 Å². The average molecular weight is 161 g/mol. The van der Waals surface area contributed by atoms with Gasteiger partial charge in [-0.15, -0.1) is 0 Å². The smallest absolute Gasteiger partial charge is 0.0657 e. The molecule has 0 unspecified atom stereocenters. The van der Waals surface area contributed by atoms with Crippen LogP contribution in [-0.4, -0.2) is 6.21 Å². The van der Waals surface area contributed by atoms with Crippen LogP contribution in [0.25, 0.3) is 0 Å². The summed E-state index contributed by atoms with van der Waals surface area (Å²) in [5.74, 6) is 0. The first-order valence-corrected chi connectivity index (χ1v) is 3.59. The molecule has 1 aromatic carbocycles. The van der Waals surface area contributed by atoms with Crippen molar-refractivity contribution in [3.8, 4) is 0 Å². The van der Waals surface area contributed by atoms with E-state index in [1.807, 2.05) is 30.3 Å². The van der Waals surface area contributed by atoms with Gasteiger partial charge in [-0.25, -0.2) is 0 Å². The highest BCUT2D eigenvalue weighted by Gasteiger charge is 1.83. The quantitative estimate of drug-likeness (QED) is 0.639. The minimum atomic E-state index is 0.457. The Hall–Kier alpha value is -1.77. The maximum Gasteiger partial charge on any atom is 0.0657 e. The minimum Gasteiger partial charge on any atom is -0.403 e. The van der Waals surface area contributed by atoms with Gasteiger partial charge in [-0.2, -0.15) is 0 Å². The number of aliphatic imine (C=N–C) groups is 1. The lowest BCUT2D eigenvalue weighted by molar-refractivity contribution is 1.41. The molecule has 0 amide bonds. The number of hydrogen-bond acceptors (Lipinski definition) is 3. The van der Waals surface area contributed by atoms with Crippen molar-refractivity contribution in [2.45, 2.75) is 0 Å². The molecule has 1 rings (SSSR count). The Morgan fingerprint density at radius 1 is 1.25 bits per heavy atom. The lowest BCUT2D eigenvalue weighted by Gasteiger charge is -1.91. The molecule has 3 heteroatoms. The molecule has 1 aromatic rings. The zero-order chi connectivity index (χ0) is 8.81. The number of benzene rings is 1. The fourth-order valence-corrected chi connectivity index (χ4v) is 0.706. The Morgan fingerprint density at radius 2 is 1.92 bits per heavy atom. The molecule has 0 fully saturated rings. The Morgan fingerprint density at radius 3 is 2.50 bits per heavy atom. The predicted octanol–water partition coefficient (Wildman–Crippen LogP) is 1.15. The maximum atomic E-state index is 5.41. The van der Waals surface area contributed by atoms with E-state index in [4.69, 9.17) is 11.5 Å². The Bertz CT molecular complexity index is 288. The van der Waals surface area contributed by atoms with Crippen LogP contribution in [0.1, 0.15) is 0 Å². The number of hydrogen-bond donors (Lipinski definition) is 2. The first-order valence-electron chi connectivity index (χ1n) is 3.59. The van der Waals surface area contributed by atoms with Gasteiger partial charge in [0.15, 0.2) is 0 Å². The molecule has 0 aliphatic heterocycles. The SMILES string of the molecule is NC=C(N)C=Nc1ccccc1. The summed E-state index contributed by atoms with van der Waals surface area (Å²) < 4.78 is 0. The van der Waals surface area contributed by atoms with Crippen LogP contribution in [0.15, 0.2) is 47.2 Å². The lowest BCUT2D eigenvalue weighted by Crippen LogP contribution is -2.00. The average Bonchev–Trinajstić information content (AvgIpc) is 2.16. The van der Waals surface area contributed by atoms with Crippen LogP contribution in [0.5, 0.6) is 0 Å². The van der Waals surface area contributed by atoms with Crippen LogP contribution < -0.4 is 11.5 Å². The molecule has 0 aliphatic carbocycles. The van der Waals surface area contributed by atoms with Crippen LogP contribution in [0.2, 0.25) is 0 Å². The van der Waals surface area contributed by atoms with Crippen molar-refractivity contribution >= 4 is 11.9 Å². The topological polar surface area (TPSA) is 64.4 Å². The van der Waals surface area contributed by atoms with Crippen molar-refractivity contribution in [3.05, 3.63) is 42.2 Å². The van der Waals surface area contributed by atoms with E-state index in [2.05, 4.69) is 4.99 Å². The summed E-state index contributed by atoms with van der Waals surface area (Å²) in [5, 5.41) is 0. The maximum absolute atomic E-state index is 5.41. The Kier molecular flexibility index (Phi) is 2.90. The van der Waals surface area contributed by atoms with E-state index < -0.39 is 0 Å². The van der Waals surface area contributed by atoms with Gasteiger partial charge in [0.25, 0.3) is 0 Å². The summed E-state index contributed by atoms with van der Waals surface area (Å²) in [6.07, 6.45) is 2.84. The third-order valence-electron chi connectivity index (χ3n) is 1.31. The molecule has 0 heterocycles. The standard InChI is InChI=1S/C9H11N3/c10-6-8(11)7-12-9-4-2-1-3-5-9/h1-7H,10-11H2. The van der Waals surface area contributed by atoms with Crippen LogP contribution in [0.4, 0.5) is 5.69 Å². The number of nitrogens with two attached hydrogens (primary N) is 2. The summed E-state index contributed by atoms with van der Waals surface area (Å²) in [4.78, 5) is 4.08. The highest BCUT2D eigenvalue weighted by Crippen LogP contribution is 2.08. The van der Waals surface area contributed by atoms with E-state index in [1.54, 1.807) is 0 Å². The zero-order valence-electron chi connectivity index (χ0n) is 6.64. The van der Waals surface area contributed by atoms with Gasteiger partial charge in [0, 0.05) is 6.20 Å². The normalized spacial score (nSPS) is 12.2. The minimum absolute atomic E-state index is 0.457. The number of allylic oxidation sites excluding steroid dienone is 1. The van der Waals surface area contributed by atoms with Crippen molar-refractivity contribution < 1.29 is 0 Å². The third kappa shape index (κ3) is 2.46. The molecule has 12 heavy (non-hydrogen) atoms. The third-order valence-corrected chi connectivity index (χ3v) is 1.31. The van der Waals surface area contributed by atoms with Gasteiger partial charge in [-0.05, 0) is 12.1 Å². The summed E-state index contributed by atoms with van der Waals surface area (Å²) in [6, 6.07) is 9.53. The molecule has 0 bridgehead atoms. The first kappa shape index (κ1) is 8.33. The van der Waals surface area contributed by atoms with Gasteiger partial charge >= 0.3 is 0 Å². The second kappa shape index (κ2) is 4.18. The molecule has 0 aliphatic rings. The number of rotatable bonds is 2. The van der Waals surface area contributed by atoms with E-state index in [0.717, 1.165) is 5.69 Å². The fourth-order valence-electron chi connectivity index (χ4n) is 0.706. The first-order chi connectivity index (χ1) is 5.83. The Labute approximate surface area is 71.4 Å². The molecule has 0 spiro atoms. The van der Waals surface area contributed by atoms with Crippen LogP contribution in [0, 0.1) is 0 Å². The van der Waals surface area contributed by atoms with E-state index in [9.17, 15) is 0 Å². The summed E-state index contributed by atoms with van der Waals surface area (Å²) in [6.45, 7) is 0. The molecular weight excluding hydrogens is 150 g/mol. The van der Waals surface area contributed by atoms with Crippen molar-refractivity contribution in [2.24, 2.45) is 16.5 Å². The summed E-state index contributed by atoms with van der Waals surface area (Å²) >= 11 is 0. The lowest BCUT2D eigenvalue weighted by atomic mass is 10.3. The summed E-state index contributed by atoms with van der Waals surface area (Å²) in [7, 11) is 0. The second-order valence-corrected chi connectivity index (χ2v) is 2.26. The molecule has 0 saturated heterocycles. The molecule has 0 radical (unpaired) electrons. The van der Waals surface area contributed by atoms with Gasteiger partial charge in [-0.1, -0.05) is 18.2 Å². The van der Waals surface area contributed by atoms with Crippen molar-refractivity contribution in [2.75, 3.05) is 0 Å². The molecule has 0 saturated carbocycles. The monoisotopic (exact) mass is 161 g/mol. The van der Waals surface area contributed by atoms with Crippen molar-refractivity contribution in [3.63, 3.8) is 0 Å². The van der Waals surface area contributed by atoms with Crippen LogP contribution in [-0.2, 0) is 0 Å². The number of nitrogens with zero attached hydrogens (tertiary/aromatic N) is 1. The zero-order valence-corrected chi connectivity index (χ0v) is 6.64. The summed E-state index contributed by atoms with van der Waals surface area (Å²) in [5.41, 5.74) is 11.9. The predicted molar refractivity (Wildman–Crippen MR) is 51.1 cm³/mol.